The van der Waals surface area contributed by atoms with Crippen molar-refractivity contribution in [2.24, 2.45) is 0 Å². The molecule has 0 radical (unpaired) electrons. The Morgan fingerprint density at radius 1 is 1.62 bits per heavy atom. The van der Waals surface area contributed by atoms with Crippen LogP contribution in [0.2, 0.25) is 0 Å². The second-order valence-corrected chi connectivity index (χ2v) is 3.61. The van der Waals surface area contributed by atoms with E-state index in [1.165, 1.54) is 0 Å². The van der Waals surface area contributed by atoms with Gasteiger partial charge in [-0.3, -0.25) is 4.57 Å². The molecule has 1 unspecified atom stereocenters. The van der Waals surface area contributed by atoms with Crippen LogP contribution in [0.4, 0.5) is 4.20 Å². The largest absolute Gasteiger partial charge is 0.364 e. The Labute approximate surface area is 48.6 Å². The fraction of sp³-hybridized carbons (Fsp3) is 1.00. The van der Waals surface area contributed by atoms with E-state index in [9.17, 15) is 8.76 Å². The lowest BCUT2D eigenvalue weighted by Gasteiger charge is -2.06. The number of halogens is 1. The predicted octanol–water partition coefficient (Wildman–Crippen LogP) is 2.20. The molecule has 0 aromatic carbocycles. The third-order valence-corrected chi connectivity index (χ3v) is 1.20. The van der Waals surface area contributed by atoms with E-state index < -0.39 is 7.68 Å². The summed E-state index contributed by atoms with van der Waals surface area (Å²) in [6.07, 6.45) is -0.296. The van der Waals surface area contributed by atoms with E-state index >= 15 is 0 Å². The maximum absolute atomic E-state index is 12.0. The summed E-state index contributed by atoms with van der Waals surface area (Å²) in [4.78, 5) is 0. The standard InChI is InChI=1S/C4H10FO2P/c1-4(2)7-8(3,5)6/h4H,1-3H3/i8+1. The van der Waals surface area contributed by atoms with Crippen molar-refractivity contribution in [2.75, 3.05) is 6.66 Å². The number of rotatable bonds is 2. The molecule has 0 fully saturated rings. The van der Waals surface area contributed by atoms with Crippen molar-refractivity contribution in [3.05, 3.63) is 0 Å². The zero-order valence-corrected chi connectivity index (χ0v) is 6.11. The van der Waals surface area contributed by atoms with E-state index in [0.717, 1.165) is 6.66 Å². The molecule has 0 aromatic rings. The summed E-state index contributed by atoms with van der Waals surface area (Å²) in [5.41, 5.74) is 0. The van der Waals surface area contributed by atoms with Crippen molar-refractivity contribution in [3.63, 3.8) is 0 Å². The van der Waals surface area contributed by atoms with Gasteiger partial charge in [-0.05, 0) is 13.8 Å². The third-order valence-electron chi connectivity index (χ3n) is 0.399. The quantitative estimate of drug-likeness (QED) is 0.551. The molecule has 0 aliphatic rings. The highest BCUT2D eigenvalue weighted by molar-refractivity contribution is 7.52. The van der Waals surface area contributed by atoms with Crippen LogP contribution in [0.5, 0.6) is 0 Å². The molecule has 0 saturated heterocycles. The second-order valence-electron chi connectivity index (χ2n) is 1.90. The van der Waals surface area contributed by atoms with Crippen molar-refractivity contribution in [3.8, 4) is 0 Å². The van der Waals surface area contributed by atoms with Crippen LogP contribution in [0.25, 0.3) is 0 Å². The predicted molar refractivity (Wildman–Crippen MR) is 30.9 cm³/mol. The first-order chi connectivity index (χ1) is 3.42. The van der Waals surface area contributed by atoms with Gasteiger partial charge < -0.3 is 4.52 Å². The highest BCUT2D eigenvalue weighted by atomic mass is 32.2. The van der Waals surface area contributed by atoms with Gasteiger partial charge in [-0.2, -0.15) is 4.20 Å². The maximum atomic E-state index is 12.0. The van der Waals surface area contributed by atoms with Gasteiger partial charge >= 0.3 is 7.68 Å². The lowest BCUT2D eigenvalue weighted by Crippen LogP contribution is -1.96. The van der Waals surface area contributed by atoms with Gasteiger partial charge in [-0.25, -0.2) is 0 Å². The Bertz CT molecular complexity index is 107. The summed E-state index contributed by atoms with van der Waals surface area (Å²) in [6.45, 7) is 4.22. The summed E-state index contributed by atoms with van der Waals surface area (Å²) in [5.74, 6) is 0. The number of hydrogen-bond donors (Lipinski definition) is 0. The van der Waals surface area contributed by atoms with E-state index in [4.69, 9.17) is 0 Å². The van der Waals surface area contributed by atoms with E-state index in [2.05, 4.69) is 4.52 Å². The Morgan fingerprint density at radius 2 is 2.00 bits per heavy atom. The zero-order chi connectivity index (χ0) is 6.78. The second kappa shape index (κ2) is 2.60. The molecule has 1 atom stereocenters. The van der Waals surface area contributed by atoms with Crippen LogP contribution < -0.4 is 0 Å². The summed E-state index contributed by atoms with van der Waals surface area (Å²) in [7, 11) is -3.72. The fourth-order valence-corrected chi connectivity index (χ4v) is 1.13. The van der Waals surface area contributed by atoms with E-state index in [-0.39, 0.29) is 6.10 Å². The first-order valence-electron chi connectivity index (χ1n) is 2.37. The van der Waals surface area contributed by atoms with E-state index in [1.54, 1.807) is 13.8 Å². The van der Waals surface area contributed by atoms with Gasteiger partial charge in [0.25, 0.3) is 0 Å². The molecule has 0 aliphatic carbocycles. The monoisotopic (exact) mass is 141 g/mol. The van der Waals surface area contributed by atoms with Crippen LogP contribution in [0.15, 0.2) is 0 Å². The van der Waals surface area contributed by atoms with Gasteiger partial charge in [0, 0.05) is 6.66 Å². The molecule has 0 aliphatic heterocycles. The van der Waals surface area contributed by atoms with Gasteiger partial charge in [0.05, 0.1) is 6.10 Å². The van der Waals surface area contributed by atoms with Crippen molar-refractivity contribution in [2.45, 2.75) is 20.0 Å². The normalized spacial score (nSPS) is 18.6. The van der Waals surface area contributed by atoms with Gasteiger partial charge in [0.15, 0.2) is 0 Å². The summed E-state index contributed by atoms with van der Waals surface area (Å²) in [6, 6.07) is 0. The molecule has 0 bridgehead atoms. The Kier molecular flexibility index (Phi) is 2.64. The van der Waals surface area contributed by atoms with Gasteiger partial charge in [-0.15, -0.1) is 0 Å². The smallest absolute Gasteiger partial charge is 0.303 e. The molecule has 0 rings (SSSR count). The molecule has 8 heavy (non-hydrogen) atoms. The average molecular weight is 141 g/mol. The van der Waals surface area contributed by atoms with Gasteiger partial charge in [-0.1, -0.05) is 0 Å². The highest BCUT2D eigenvalue weighted by Crippen LogP contribution is 2.44. The lowest BCUT2D eigenvalue weighted by molar-refractivity contribution is 0.227. The van der Waals surface area contributed by atoms with Crippen molar-refractivity contribution < 1.29 is 13.3 Å². The minimum atomic E-state index is -3.72. The van der Waals surface area contributed by atoms with Gasteiger partial charge in [0.2, 0.25) is 0 Å². The first-order valence-corrected chi connectivity index (χ1v) is 4.33. The first kappa shape index (κ1) is 8.12. The molecule has 50 valence electrons. The van der Waals surface area contributed by atoms with Crippen molar-refractivity contribution in [1.29, 1.82) is 0 Å². The highest BCUT2D eigenvalue weighted by Gasteiger charge is 2.13. The molecule has 4 heteroatoms. The van der Waals surface area contributed by atoms with E-state index in [1.807, 2.05) is 0 Å². The molecule has 0 N–H and O–H groups in total. The molecular weight excluding hydrogens is 131 g/mol. The van der Waals surface area contributed by atoms with Crippen molar-refractivity contribution in [1.82, 2.24) is 0 Å². The Morgan fingerprint density at radius 3 is 2.00 bits per heavy atom. The van der Waals surface area contributed by atoms with Crippen LogP contribution in [0, 0.1) is 0 Å². The van der Waals surface area contributed by atoms with Gasteiger partial charge in [0.1, 0.15) is 0 Å². The summed E-state index contributed by atoms with van der Waals surface area (Å²) >= 11 is 0. The van der Waals surface area contributed by atoms with Crippen LogP contribution in [0.3, 0.4) is 0 Å². The average Bonchev–Trinajstić information content (AvgIpc) is 1.21. The molecule has 0 aromatic heterocycles. The molecule has 0 amide bonds. The summed E-state index contributed by atoms with van der Waals surface area (Å²) < 4.78 is 26.4. The molecule has 0 saturated carbocycles. The van der Waals surface area contributed by atoms with E-state index in [0.29, 0.717) is 0 Å². The number of hydrogen-bond acceptors (Lipinski definition) is 2. The Hall–Kier alpha value is 0.120. The lowest BCUT2D eigenvalue weighted by atomic mass is 10.5. The topological polar surface area (TPSA) is 26.3 Å². The Balaban J connectivity index is 3.56. The van der Waals surface area contributed by atoms with Crippen LogP contribution in [0.1, 0.15) is 13.8 Å². The molecule has 0 spiro atoms. The van der Waals surface area contributed by atoms with Crippen LogP contribution >= 0.6 is 7.68 Å². The molecular formula is C4H10FO2P. The van der Waals surface area contributed by atoms with Crippen molar-refractivity contribution >= 4 is 7.68 Å². The zero-order valence-electron chi connectivity index (χ0n) is 5.22. The molecule has 0 heterocycles. The summed E-state index contributed by atoms with van der Waals surface area (Å²) in [5, 5.41) is 0. The molecule has 2 nitrogen and oxygen atoms in total. The minimum absolute atomic E-state index is 0.296. The fourth-order valence-electron chi connectivity index (χ4n) is 0.377. The SMILES string of the molecule is CC(C)O[32P](C)(=O)F. The van der Waals surface area contributed by atoms with Crippen LogP contribution in [-0.2, 0) is 9.09 Å². The van der Waals surface area contributed by atoms with Crippen LogP contribution in [-0.4, -0.2) is 12.8 Å². The maximum Gasteiger partial charge on any atom is 0.364 e. The third kappa shape index (κ3) is 6.12. The minimum Gasteiger partial charge on any atom is -0.303 e.